The Hall–Kier alpha value is -1.32. The van der Waals surface area contributed by atoms with Crippen LogP contribution in [0.4, 0.5) is 140 Å². The first kappa shape index (κ1) is 81.9. The average Bonchev–Trinajstić information content (AvgIpc) is 1.66. The lowest BCUT2D eigenvalue weighted by Crippen LogP contribution is -2.53. The predicted molar refractivity (Wildman–Crippen MR) is 214 cm³/mol. The Bertz CT molecular complexity index is 2040. The molecule has 0 saturated carbocycles. The van der Waals surface area contributed by atoms with Crippen LogP contribution < -0.4 is 0 Å². The molecule has 0 atom stereocenters. The first-order chi connectivity index (χ1) is 39.3. The Kier molecular flexibility index (Phi) is 24.5. The fourth-order valence-corrected chi connectivity index (χ4v) is 8.64. The van der Waals surface area contributed by atoms with Crippen molar-refractivity contribution in [3.8, 4) is 0 Å². The number of halogens is 32. The zero-order chi connectivity index (χ0) is 69.7. The molecule has 3 aliphatic rings. The maximum Gasteiger partial charge on any atom is 0.576 e. The summed E-state index contributed by atoms with van der Waals surface area (Å²) in [4.78, 5) is 52.6. The van der Waals surface area contributed by atoms with Crippen LogP contribution in [-0.4, -0.2) is 177 Å². The highest BCUT2D eigenvalue weighted by molar-refractivity contribution is 7.66. The largest absolute Gasteiger partial charge is 0.576 e. The van der Waals surface area contributed by atoms with Gasteiger partial charge in [0, 0.05) is 80.2 Å². The molecule has 0 spiro atoms. The van der Waals surface area contributed by atoms with Gasteiger partial charge in [-0.05, 0) is 25.7 Å². The molecular weight excluding hydrogens is 1450 g/mol. The van der Waals surface area contributed by atoms with E-state index in [1.165, 1.54) is 0 Å². The van der Waals surface area contributed by atoms with E-state index in [1.54, 1.807) is 0 Å². The molecule has 20 nitrogen and oxygen atoms in total. The molecule has 3 aliphatic heterocycles. The fraction of sp³-hybridized carbons (Fsp3) is 1.00. The van der Waals surface area contributed by atoms with Gasteiger partial charge in [-0.2, -0.15) is 170 Å². The minimum Gasteiger partial charge on any atom is -0.381 e. The molecule has 3 saturated heterocycles. The summed E-state index contributed by atoms with van der Waals surface area (Å²) in [5, 5.41) is 0. The molecule has 56 heteroatoms. The van der Waals surface area contributed by atoms with Gasteiger partial charge in [-0.15, -0.1) is 0 Å². The van der Waals surface area contributed by atoms with Crippen LogP contribution in [-0.2, 0) is 65.9 Å². The van der Waals surface area contributed by atoms with Gasteiger partial charge in [0.1, 0.15) is 0 Å². The second-order valence-corrected chi connectivity index (χ2v) is 25.6. The summed E-state index contributed by atoms with van der Waals surface area (Å²) in [6, 6.07) is 0. The van der Waals surface area contributed by atoms with Crippen LogP contribution in [0.15, 0.2) is 0 Å². The third-order valence-electron chi connectivity index (χ3n) is 11.0. The molecule has 0 amide bonds. The van der Waals surface area contributed by atoms with E-state index in [2.05, 4.69) is 47.0 Å². The quantitative estimate of drug-likeness (QED) is 0.0109. The van der Waals surface area contributed by atoms with E-state index in [0.29, 0.717) is 0 Å². The van der Waals surface area contributed by atoms with Crippen molar-refractivity contribution in [1.29, 1.82) is 0 Å². The fourth-order valence-electron chi connectivity index (χ4n) is 5.80. The van der Waals surface area contributed by atoms with Gasteiger partial charge in [0.2, 0.25) is 0 Å². The molecule has 0 unspecified atom stereocenters. The number of alkyl halides is 32. The summed E-state index contributed by atoms with van der Waals surface area (Å²) in [6.45, 7) is -12.9. The highest BCUT2D eigenvalue weighted by Gasteiger charge is 2.96. The summed E-state index contributed by atoms with van der Waals surface area (Å²) in [7, 11) is -25.4. The van der Waals surface area contributed by atoms with E-state index >= 15 is 0 Å². The third kappa shape index (κ3) is 18.0. The molecule has 6 N–H and O–H groups in total. The number of hydrogen-bond donors (Lipinski definition) is 6. The van der Waals surface area contributed by atoms with Crippen molar-refractivity contribution in [2.24, 2.45) is 5.41 Å². The van der Waals surface area contributed by atoms with Crippen molar-refractivity contribution in [3.05, 3.63) is 0 Å². The molecule has 3 fully saturated rings. The molecule has 530 valence electrons. The van der Waals surface area contributed by atoms with Crippen LogP contribution >= 0.6 is 31.8 Å². The first-order valence-corrected chi connectivity index (χ1v) is 28.9. The predicted octanol–water partition coefficient (Wildman–Crippen LogP) is 12.8. The molecule has 0 radical (unpaired) electrons. The molecule has 3 rings (SSSR count). The van der Waals surface area contributed by atoms with Crippen LogP contribution in [0.2, 0.25) is 0 Å². The van der Waals surface area contributed by atoms with E-state index in [0.717, 1.165) is 0 Å². The van der Waals surface area contributed by atoms with E-state index < -0.39 is 237 Å². The van der Waals surface area contributed by atoms with Crippen molar-refractivity contribution in [3.63, 3.8) is 0 Å². The van der Waals surface area contributed by atoms with E-state index in [1.807, 2.05) is 0 Å². The summed E-state index contributed by atoms with van der Waals surface area (Å²) in [6.07, 6.45) is -71.4. The topological polar surface area (TPSA) is 270 Å². The van der Waals surface area contributed by atoms with E-state index in [4.69, 9.17) is 48.3 Å². The van der Waals surface area contributed by atoms with Crippen molar-refractivity contribution in [2.45, 2.75) is 147 Å². The molecule has 89 heavy (non-hydrogen) atoms. The average molecular weight is 1490 g/mol. The van der Waals surface area contributed by atoms with Gasteiger partial charge >= 0.3 is 127 Å². The van der Waals surface area contributed by atoms with Gasteiger partial charge < -0.3 is 18.9 Å². The Morgan fingerprint density at radius 1 is 0.281 bits per heavy atom. The lowest BCUT2D eigenvalue weighted by Gasteiger charge is -2.34. The van der Waals surface area contributed by atoms with Crippen LogP contribution in [0.3, 0.4) is 0 Å². The standard InChI is InChI=1S/C33H38F32O20P4/c34-18(35,22(42,43)76-26(50,51)30(58,59)86(66,67)68)5-1-9-72-13-17(14-73-10-2-6-19(36,37)23(44,45)77-27(52,53)31(60,61)87(69)80-81-87,15-74-11-3-7-20(38,39)24(46,47)78-28(54,55)32(62,63)88(70)82-83-88)16-75-12-4-8-21(40,41)25(48,49)79-29(56,57)33(64,65)89(71)84-85-89/h66-71H,1-16H2/q+4. The van der Waals surface area contributed by atoms with E-state index in [-0.39, 0.29) is 0 Å². The minimum atomic E-state index is -7.28. The molecule has 0 bridgehead atoms. The summed E-state index contributed by atoms with van der Waals surface area (Å²) in [5.41, 5.74) is -28.6. The summed E-state index contributed by atoms with van der Waals surface area (Å²) >= 11 is 0. The third-order valence-corrected chi connectivity index (χ3v) is 16.2. The molecule has 0 aromatic carbocycles. The van der Waals surface area contributed by atoms with Crippen molar-refractivity contribution >= 4 is 31.8 Å². The van der Waals surface area contributed by atoms with E-state index in [9.17, 15) is 140 Å². The maximum atomic E-state index is 14.5. The van der Waals surface area contributed by atoms with Crippen LogP contribution in [0, 0.1) is 5.41 Å². The SMILES string of the molecule is O[P+](O)(O)C(F)(F)C(F)(F)OC(F)(F)C(F)(F)CCCOCC(COCCCC(F)(F)C(F)(F)OC(F)(F)C(F)(F)[P+]1(O)OO1)(COCCCC(F)(F)C(F)(F)OC(F)(F)C(F)(F)[P+]1(O)OO1)COCCCC(F)(F)C(F)(F)OC(F)(F)C(F)(F)[P+]1(O)OO1. The van der Waals surface area contributed by atoms with Crippen molar-refractivity contribution in [2.75, 3.05) is 52.9 Å². The lowest BCUT2D eigenvalue weighted by atomic mass is 9.92. The van der Waals surface area contributed by atoms with Gasteiger partial charge in [0.05, 0.1) is 31.8 Å². The van der Waals surface area contributed by atoms with Gasteiger partial charge in [-0.25, -0.2) is 18.9 Å². The normalized spacial score (nSPS) is 19.1. The highest BCUT2D eigenvalue weighted by Crippen LogP contribution is 2.86. The van der Waals surface area contributed by atoms with Gasteiger partial charge in [-0.1, -0.05) is 0 Å². The van der Waals surface area contributed by atoms with Crippen molar-refractivity contribution in [1.82, 2.24) is 0 Å². The zero-order valence-corrected chi connectivity index (χ0v) is 45.7. The second kappa shape index (κ2) is 26.6. The first-order valence-electron chi connectivity index (χ1n) is 22.5. The Balaban J connectivity index is 1.92. The molecule has 0 aromatic heterocycles. The number of hydrogen-bond acceptors (Lipinski definition) is 20. The van der Waals surface area contributed by atoms with Crippen LogP contribution in [0.25, 0.3) is 0 Å². The smallest absolute Gasteiger partial charge is 0.381 e. The zero-order valence-electron chi connectivity index (χ0n) is 42.1. The molecule has 0 aromatic rings. The van der Waals surface area contributed by atoms with Gasteiger partial charge in [0.25, 0.3) is 0 Å². The van der Waals surface area contributed by atoms with Crippen molar-refractivity contribution < 1.29 is 236 Å². The molecule has 0 aliphatic carbocycles. The van der Waals surface area contributed by atoms with Crippen LogP contribution in [0.1, 0.15) is 51.4 Å². The molecular formula is C33H38F32O20P4+4. The Morgan fingerprint density at radius 2 is 0.461 bits per heavy atom. The van der Waals surface area contributed by atoms with Crippen LogP contribution in [0.5, 0.6) is 0 Å². The molecule has 3 heterocycles. The summed E-state index contributed by atoms with van der Waals surface area (Å²) in [5.74, 6) is -24.3. The Labute approximate surface area is 472 Å². The van der Waals surface area contributed by atoms with Gasteiger partial charge in [0.15, 0.2) is 0 Å². The summed E-state index contributed by atoms with van der Waals surface area (Å²) < 4.78 is 499. The number of ether oxygens (including phenoxy) is 8. The second-order valence-electron chi connectivity index (χ2n) is 18.2. The highest BCUT2D eigenvalue weighted by atomic mass is 31.2. The minimum absolute atomic E-state index is 1.59. The monoisotopic (exact) mass is 1490 g/mol. The lowest BCUT2D eigenvalue weighted by molar-refractivity contribution is -0.458. The van der Waals surface area contributed by atoms with Gasteiger partial charge in [-0.3, -0.25) is 0 Å². The Morgan fingerprint density at radius 3 is 0.629 bits per heavy atom. The maximum absolute atomic E-state index is 14.5. The number of rotatable bonds is 44.